The summed E-state index contributed by atoms with van der Waals surface area (Å²) in [5.74, 6) is 0.109. The number of halogens is 1. The van der Waals surface area contributed by atoms with Crippen LogP contribution in [0.15, 0.2) is 0 Å². The van der Waals surface area contributed by atoms with Crippen LogP contribution in [0, 0.1) is 0 Å². The number of rotatable bonds is 3. The van der Waals surface area contributed by atoms with Crippen molar-refractivity contribution in [2.75, 3.05) is 5.88 Å². The van der Waals surface area contributed by atoms with Crippen molar-refractivity contribution < 1.29 is 9.90 Å². The molecule has 0 aromatic carbocycles. The van der Waals surface area contributed by atoms with E-state index in [1.165, 1.54) is 6.92 Å². The number of ketones is 1. The van der Waals surface area contributed by atoms with Crippen molar-refractivity contribution in [3.63, 3.8) is 0 Å². The smallest absolute Gasteiger partial charge is 0.132 e. The molecule has 0 aliphatic heterocycles. The summed E-state index contributed by atoms with van der Waals surface area (Å²) < 4.78 is 0. The standard InChI is InChI=1S/C5H9ClO2/c1-4(7)2-5(8)3-6/h5,8H,2-3H2,1H3/t5-/m0/s1. The van der Waals surface area contributed by atoms with Crippen LogP contribution in [0.3, 0.4) is 0 Å². The first-order valence-electron chi connectivity index (χ1n) is 2.40. The lowest BCUT2D eigenvalue weighted by atomic mass is 10.2. The van der Waals surface area contributed by atoms with Crippen molar-refractivity contribution in [2.24, 2.45) is 0 Å². The van der Waals surface area contributed by atoms with E-state index in [9.17, 15) is 4.79 Å². The molecule has 8 heavy (non-hydrogen) atoms. The van der Waals surface area contributed by atoms with Crippen LogP contribution in [-0.4, -0.2) is 22.9 Å². The Morgan fingerprint density at radius 2 is 2.38 bits per heavy atom. The predicted octanol–water partition coefficient (Wildman–Crippen LogP) is 0.565. The molecule has 0 bridgehead atoms. The fourth-order valence-electron chi connectivity index (χ4n) is 0.386. The third-order valence-electron chi connectivity index (χ3n) is 0.701. The Morgan fingerprint density at radius 3 is 2.50 bits per heavy atom. The summed E-state index contributed by atoms with van der Waals surface area (Å²) in [5, 5.41) is 8.68. The molecule has 0 aliphatic rings. The van der Waals surface area contributed by atoms with E-state index < -0.39 is 6.10 Å². The Morgan fingerprint density at radius 1 is 1.88 bits per heavy atom. The third-order valence-corrected chi connectivity index (χ3v) is 1.06. The van der Waals surface area contributed by atoms with Crippen molar-refractivity contribution in [3.8, 4) is 0 Å². The fraction of sp³-hybridized carbons (Fsp3) is 0.800. The van der Waals surface area contributed by atoms with Crippen LogP contribution in [0.1, 0.15) is 13.3 Å². The molecule has 48 valence electrons. The first-order chi connectivity index (χ1) is 3.66. The molecule has 1 atom stereocenters. The molecule has 0 radical (unpaired) electrons. The van der Waals surface area contributed by atoms with E-state index in [1.54, 1.807) is 0 Å². The Balaban J connectivity index is 3.24. The maximum atomic E-state index is 10.2. The number of carbonyl (C=O) groups excluding carboxylic acids is 1. The highest BCUT2D eigenvalue weighted by molar-refractivity contribution is 6.18. The van der Waals surface area contributed by atoms with E-state index in [0.717, 1.165) is 0 Å². The van der Waals surface area contributed by atoms with Gasteiger partial charge in [-0.15, -0.1) is 11.6 Å². The van der Waals surface area contributed by atoms with Gasteiger partial charge in [-0.3, -0.25) is 4.79 Å². The zero-order chi connectivity index (χ0) is 6.57. The molecule has 0 aromatic heterocycles. The van der Waals surface area contributed by atoms with Gasteiger partial charge in [-0.25, -0.2) is 0 Å². The van der Waals surface area contributed by atoms with Crippen LogP contribution in [0.25, 0.3) is 0 Å². The maximum absolute atomic E-state index is 10.2. The number of aliphatic hydroxyl groups is 1. The molecule has 0 saturated heterocycles. The van der Waals surface area contributed by atoms with E-state index in [2.05, 4.69) is 0 Å². The predicted molar refractivity (Wildman–Crippen MR) is 32.0 cm³/mol. The first-order valence-corrected chi connectivity index (χ1v) is 2.93. The molecule has 1 N–H and O–H groups in total. The zero-order valence-corrected chi connectivity index (χ0v) is 5.48. The second kappa shape index (κ2) is 3.87. The van der Waals surface area contributed by atoms with Gasteiger partial charge in [0.2, 0.25) is 0 Å². The molecular weight excluding hydrogens is 128 g/mol. The topological polar surface area (TPSA) is 37.3 Å². The van der Waals surface area contributed by atoms with Crippen molar-refractivity contribution in [1.29, 1.82) is 0 Å². The van der Waals surface area contributed by atoms with Gasteiger partial charge >= 0.3 is 0 Å². The Labute approximate surface area is 53.5 Å². The fourth-order valence-corrected chi connectivity index (χ4v) is 0.495. The number of hydrogen-bond acceptors (Lipinski definition) is 2. The quantitative estimate of drug-likeness (QED) is 0.576. The Bertz CT molecular complexity index is 82.5. The van der Waals surface area contributed by atoms with Gasteiger partial charge in [-0.1, -0.05) is 0 Å². The minimum Gasteiger partial charge on any atom is -0.391 e. The summed E-state index contributed by atoms with van der Waals surface area (Å²) in [4.78, 5) is 10.2. The maximum Gasteiger partial charge on any atom is 0.132 e. The average Bonchev–Trinajstić information content (AvgIpc) is 1.65. The molecule has 0 rings (SSSR count). The lowest BCUT2D eigenvalue weighted by Crippen LogP contribution is -2.12. The van der Waals surface area contributed by atoms with Crippen molar-refractivity contribution in [2.45, 2.75) is 19.4 Å². The highest BCUT2D eigenvalue weighted by atomic mass is 35.5. The Kier molecular flexibility index (Phi) is 3.83. The van der Waals surface area contributed by atoms with Crippen LogP contribution >= 0.6 is 11.6 Å². The van der Waals surface area contributed by atoms with Gasteiger partial charge in [0.1, 0.15) is 5.78 Å². The van der Waals surface area contributed by atoms with Gasteiger partial charge in [0, 0.05) is 12.3 Å². The summed E-state index contributed by atoms with van der Waals surface area (Å²) in [7, 11) is 0. The molecule has 3 heteroatoms. The van der Waals surface area contributed by atoms with Crippen LogP contribution in [0.4, 0.5) is 0 Å². The van der Waals surface area contributed by atoms with Gasteiger partial charge in [0.25, 0.3) is 0 Å². The number of hydrogen-bond donors (Lipinski definition) is 1. The number of aliphatic hydroxyl groups excluding tert-OH is 1. The number of carbonyl (C=O) groups is 1. The molecule has 0 fully saturated rings. The van der Waals surface area contributed by atoms with Crippen LogP contribution < -0.4 is 0 Å². The highest BCUT2D eigenvalue weighted by Crippen LogP contribution is 1.93. The van der Waals surface area contributed by atoms with E-state index in [-0.39, 0.29) is 18.1 Å². The number of Topliss-reactive ketones (excluding diaryl/α,β-unsaturated/α-hetero) is 1. The molecule has 0 amide bonds. The summed E-state index contributed by atoms with van der Waals surface area (Å²) in [5.41, 5.74) is 0. The van der Waals surface area contributed by atoms with E-state index in [4.69, 9.17) is 16.7 Å². The lowest BCUT2D eigenvalue weighted by molar-refractivity contribution is -0.118. The summed E-state index contributed by atoms with van der Waals surface area (Å²) in [6.07, 6.45) is -0.488. The highest BCUT2D eigenvalue weighted by Gasteiger charge is 2.03. The van der Waals surface area contributed by atoms with E-state index in [0.29, 0.717) is 0 Å². The lowest BCUT2D eigenvalue weighted by Gasteiger charge is -1.99. The molecule has 0 spiro atoms. The molecular formula is C5H9ClO2. The third kappa shape index (κ3) is 4.09. The van der Waals surface area contributed by atoms with Gasteiger partial charge in [0.15, 0.2) is 0 Å². The summed E-state index contributed by atoms with van der Waals surface area (Å²) >= 11 is 5.19. The monoisotopic (exact) mass is 136 g/mol. The van der Waals surface area contributed by atoms with Gasteiger partial charge in [0.05, 0.1) is 6.10 Å². The Hall–Kier alpha value is -0.0800. The van der Waals surface area contributed by atoms with E-state index >= 15 is 0 Å². The van der Waals surface area contributed by atoms with Gasteiger partial charge in [-0.2, -0.15) is 0 Å². The van der Waals surface area contributed by atoms with Gasteiger partial charge in [-0.05, 0) is 6.92 Å². The van der Waals surface area contributed by atoms with Crippen molar-refractivity contribution >= 4 is 17.4 Å². The second-order valence-corrected chi connectivity index (χ2v) is 2.02. The number of alkyl halides is 1. The summed E-state index contributed by atoms with van der Waals surface area (Å²) in [6, 6.07) is 0. The molecule has 0 saturated carbocycles. The van der Waals surface area contributed by atoms with Crippen LogP contribution in [0.5, 0.6) is 0 Å². The molecule has 0 aliphatic carbocycles. The molecule has 2 nitrogen and oxygen atoms in total. The van der Waals surface area contributed by atoms with Crippen LogP contribution in [0.2, 0.25) is 0 Å². The first kappa shape index (κ1) is 7.92. The largest absolute Gasteiger partial charge is 0.391 e. The average molecular weight is 137 g/mol. The summed E-state index contributed by atoms with van der Waals surface area (Å²) in [6.45, 7) is 1.43. The SMILES string of the molecule is CC(=O)C[C@H](O)CCl. The minimum absolute atomic E-state index is 0.0295. The molecule has 0 heterocycles. The minimum atomic E-state index is -0.658. The molecule has 0 unspecified atom stereocenters. The zero-order valence-electron chi connectivity index (χ0n) is 4.72. The molecule has 0 aromatic rings. The normalized spacial score (nSPS) is 13.4. The second-order valence-electron chi connectivity index (χ2n) is 1.71. The van der Waals surface area contributed by atoms with Crippen molar-refractivity contribution in [3.05, 3.63) is 0 Å². The van der Waals surface area contributed by atoms with Crippen LogP contribution in [-0.2, 0) is 4.79 Å². The van der Waals surface area contributed by atoms with Crippen molar-refractivity contribution in [1.82, 2.24) is 0 Å². The van der Waals surface area contributed by atoms with E-state index in [1.807, 2.05) is 0 Å². The van der Waals surface area contributed by atoms with Gasteiger partial charge < -0.3 is 5.11 Å².